The largest absolute Gasteiger partial charge is 0.257 e. The third kappa shape index (κ3) is 2.46. The highest BCUT2D eigenvalue weighted by atomic mass is 19.3. The molecule has 64 valence electrons. The molecule has 1 rings (SSSR count). The lowest BCUT2D eigenvalue weighted by Gasteiger charge is -1.97. The smallest absolute Gasteiger partial charge is 0.206 e. The van der Waals surface area contributed by atoms with Gasteiger partial charge in [0, 0.05) is 0 Å². The summed E-state index contributed by atoms with van der Waals surface area (Å²) in [7, 11) is 0. The molecule has 0 saturated heterocycles. The molecule has 0 aromatic heterocycles. The normalized spacial score (nSPS) is 11.3. The molecule has 0 fully saturated rings. The Labute approximate surface area is 70.5 Å². The first kappa shape index (κ1) is 8.91. The van der Waals surface area contributed by atoms with Gasteiger partial charge in [-0.1, -0.05) is 30.3 Å². The minimum atomic E-state index is -2.37. The summed E-state index contributed by atoms with van der Waals surface area (Å²) in [5.74, 6) is 0. The maximum atomic E-state index is 11.8. The lowest BCUT2D eigenvalue weighted by Crippen LogP contribution is -1.82. The Bertz CT molecular complexity index is 277. The number of hydrogen-bond acceptors (Lipinski definition) is 0. The van der Waals surface area contributed by atoms with Crippen LogP contribution in [0.2, 0.25) is 0 Å². The number of allylic oxidation sites excluding steroid dienone is 1. The van der Waals surface area contributed by atoms with Gasteiger partial charge in [-0.2, -0.15) is 0 Å². The van der Waals surface area contributed by atoms with E-state index in [2.05, 4.69) is 0 Å². The highest BCUT2D eigenvalue weighted by molar-refractivity contribution is 5.53. The van der Waals surface area contributed by atoms with Gasteiger partial charge in [0.15, 0.2) is 0 Å². The van der Waals surface area contributed by atoms with Crippen LogP contribution < -0.4 is 0 Å². The van der Waals surface area contributed by atoms with Crippen LogP contribution in [0.15, 0.2) is 30.3 Å². The van der Waals surface area contributed by atoms with E-state index in [0.29, 0.717) is 0 Å². The molecule has 0 amide bonds. The lowest BCUT2D eigenvalue weighted by atomic mass is 10.1. The highest BCUT2D eigenvalue weighted by Gasteiger charge is 1.95. The van der Waals surface area contributed by atoms with Crippen molar-refractivity contribution in [2.75, 3.05) is 0 Å². The number of benzene rings is 1. The second-order valence-corrected chi connectivity index (χ2v) is 2.55. The third-order valence-electron chi connectivity index (χ3n) is 1.61. The molecule has 0 spiro atoms. The van der Waals surface area contributed by atoms with Gasteiger partial charge in [-0.3, -0.25) is 0 Å². The molecule has 1 aromatic rings. The second kappa shape index (κ2) is 4.00. The third-order valence-corrected chi connectivity index (χ3v) is 1.61. The molecule has 0 nitrogen and oxygen atoms in total. The fraction of sp³-hybridized carbons (Fsp3) is 0.200. The molecule has 12 heavy (non-hydrogen) atoms. The SMILES string of the molecule is Cc1ccccc1/C=C/C(F)F. The monoisotopic (exact) mass is 168 g/mol. The highest BCUT2D eigenvalue weighted by Crippen LogP contribution is 2.09. The summed E-state index contributed by atoms with van der Waals surface area (Å²) in [4.78, 5) is 0. The van der Waals surface area contributed by atoms with Crippen molar-refractivity contribution in [2.24, 2.45) is 0 Å². The van der Waals surface area contributed by atoms with Crippen molar-refractivity contribution in [3.63, 3.8) is 0 Å². The molecule has 0 saturated carbocycles. The van der Waals surface area contributed by atoms with Crippen LogP contribution in [0.5, 0.6) is 0 Å². The summed E-state index contributed by atoms with van der Waals surface area (Å²) in [6, 6.07) is 7.42. The Morgan fingerprint density at radius 2 is 1.92 bits per heavy atom. The van der Waals surface area contributed by atoms with Crippen LogP contribution in [0, 0.1) is 6.92 Å². The van der Waals surface area contributed by atoms with Gasteiger partial charge in [-0.25, -0.2) is 8.78 Å². The Balaban J connectivity index is 2.82. The van der Waals surface area contributed by atoms with Crippen molar-refractivity contribution >= 4 is 6.08 Å². The first-order valence-corrected chi connectivity index (χ1v) is 3.72. The van der Waals surface area contributed by atoms with Gasteiger partial charge in [-0.15, -0.1) is 0 Å². The van der Waals surface area contributed by atoms with Crippen molar-refractivity contribution in [3.05, 3.63) is 41.5 Å². The molecule has 1 aromatic carbocycles. The van der Waals surface area contributed by atoms with Crippen molar-refractivity contribution in [3.8, 4) is 0 Å². The standard InChI is InChI=1S/C10H10F2/c1-8-4-2-3-5-9(8)6-7-10(11)12/h2-7,10H,1H3/b7-6+. The molecular formula is C10H10F2. The van der Waals surface area contributed by atoms with Crippen molar-refractivity contribution in [1.82, 2.24) is 0 Å². The van der Waals surface area contributed by atoms with Crippen LogP contribution in [0.25, 0.3) is 6.08 Å². The maximum absolute atomic E-state index is 11.8. The zero-order chi connectivity index (χ0) is 8.97. The van der Waals surface area contributed by atoms with Gasteiger partial charge >= 0.3 is 0 Å². The topological polar surface area (TPSA) is 0 Å². The summed E-state index contributed by atoms with van der Waals surface area (Å²) >= 11 is 0. The van der Waals surface area contributed by atoms with Crippen molar-refractivity contribution < 1.29 is 8.78 Å². The Morgan fingerprint density at radius 1 is 1.25 bits per heavy atom. The van der Waals surface area contributed by atoms with Gasteiger partial charge in [0.1, 0.15) is 0 Å². The lowest BCUT2D eigenvalue weighted by molar-refractivity contribution is 0.205. The maximum Gasteiger partial charge on any atom is 0.257 e. The van der Waals surface area contributed by atoms with E-state index < -0.39 is 6.43 Å². The fourth-order valence-electron chi connectivity index (χ4n) is 0.950. The van der Waals surface area contributed by atoms with E-state index in [1.807, 2.05) is 31.2 Å². The zero-order valence-corrected chi connectivity index (χ0v) is 6.80. The predicted molar refractivity (Wildman–Crippen MR) is 46.2 cm³/mol. The molecule has 0 aliphatic rings. The molecule has 0 atom stereocenters. The molecule has 0 aliphatic heterocycles. The number of alkyl halides is 2. The minimum Gasteiger partial charge on any atom is -0.206 e. The molecule has 0 unspecified atom stereocenters. The quantitative estimate of drug-likeness (QED) is 0.635. The second-order valence-electron chi connectivity index (χ2n) is 2.55. The Morgan fingerprint density at radius 3 is 2.50 bits per heavy atom. The predicted octanol–water partition coefficient (Wildman–Crippen LogP) is 3.27. The van der Waals surface area contributed by atoms with Gasteiger partial charge in [0.05, 0.1) is 0 Å². The number of hydrogen-bond donors (Lipinski definition) is 0. The first-order valence-electron chi connectivity index (χ1n) is 3.72. The molecule has 0 bridgehead atoms. The first-order chi connectivity index (χ1) is 5.70. The summed E-state index contributed by atoms with van der Waals surface area (Å²) in [5, 5.41) is 0. The Kier molecular flexibility index (Phi) is 2.97. The van der Waals surface area contributed by atoms with Gasteiger partial charge in [-0.05, 0) is 24.1 Å². The van der Waals surface area contributed by atoms with E-state index in [4.69, 9.17) is 0 Å². The van der Waals surface area contributed by atoms with Crippen LogP contribution in [0.3, 0.4) is 0 Å². The van der Waals surface area contributed by atoms with E-state index in [9.17, 15) is 8.78 Å². The van der Waals surface area contributed by atoms with E-state index in [0.717, 1.165) is 17.2 Å². The van der Waals surface area contributed by atoms with Gasteiger partial charge in [0.2, 0.25) is 0 Å². The summed E-state index contributed by atoms with van der Waals surface area (Å²) in [5.41, 5.74) is 1.85. The fourth-order valence-corrected chi connectivity index (χ4v) is 0.950. The van der Waals surface area contributed by atoms with E-state index >= 15 is 0 Å². The van der Waals surface area contributed by atoms with Crippen LogP contribution >= 0.6 is 0 Å². The van der Waals surface area contributed by atoms with E-state index in [1.54, 1.807) is 0 Å². The van der Waals surface area contributed by atoms with Crippen LogP contribution in [-0.4, -0.2) is 6.43 Å². The Hall–Kier alpha value is -1.18. The molecule has 0 aliphatic carbocycles. The van der Waals surface area contributed by atoms with Crippen LogP contribution in [0.1, 0.15) is 11.1 Å². The molecule has 0 heterocycles. The van der Waals surface area contributed by atoms with Gasteiger partial charge < -0.3 is 0 Å². The summed E-state index contributed by atoms with van der Waals surface area (Å²) < 4.78 is 23.5. The van der Waals surface area contributed by atoms with E-state index in [-0.39, 0.29) is 0 Å². The summed E-state index contributed by atoms with van der Waals surface area (Å²) in [6.45, 7) is 1.89. The molecule has 0 radical (unpaired) electrons. The zero-order valence-electron chi connectivity index (χ0n) is 6.80. The number of halogens is 2. The van der Waals surface area contributed by atoms with Crippen molar-refractivity contribution in [2.45, 2.75) is 13.3 Å². The number of rotatable bonds is 2. The molecule has 2 heteroatoms. The average Bonchev–Trinajstić information content (AvgIpc) is 2.03. The molecular weight excluding hydrogens is 158 g/mol. The van der Waals surface area contributed by atoms with Crippen LogP contribution in [-0.2, 0) is 0 Å². The van der Waals surface area contributed by atoms with Crippen molar-refractivity contribution in [1.29, 1.82) is 0 Å². The van der Waals surface area contributed by atoms with Gasteiger partial charge in [0.25, 0.3) is 6.43 Å². The molecule has 0 N–H and O–H groups in total. The summed E-state index contributed by atoms with van der Waals surface area (Å²) in [6.07, 6.45) is -0.0351. The average molecular weight is 168 g/mol. The number of aryl methyl sites for hydroxylation is 1. The van der Waals surface area contributed by atoms with E-state index in [1.165, 1.54) is 6.08 Å². The van der Waals surface area contributed by atoms with Crippen LogP contribution in [0.4, 0.5) is 8.78 Å². The minimum absolute atomic E-state index is 0.845.